The lowest BCUT2D eigenvalue weighted by atomic mass is 10.0. The molecular formula is C23H28ClN7O. The van der Waals surface area contributed by atoms with E-state index in [9.17, 15) is 0 Å². The highest BCUT2D eigenvalue weighted by Crippen LogP contribution is 2.41. The molecule has 2 aliphatic rings. The first-order chi connectivity index (χ1) is 15.2. The first-order valence-electron chi connectivity index (χ1n) is 10.5. The Hall–Kier alpha value is -2.91. The molecule has 0 amide bonds. The molecule has 32 heavy (non-hydrogen) atoms. The Morgan fingerprint density at radius 1 is 1.12 bits per heavy atom. The maximum absolute atomic E-state index is 6.46. The average Bonchev–Trinajstić information content (AvgIpc) is 3.14. The van der Waals surface area contributed by atoms with Gasteiger partial charge in [0.05, 0.1) is 24.7 Å². The van der Waals surface area contributed by atoms with E-state index in [1.165, 1.54) is 5.56 Å². The van der Waals surface area contributed by atoms with Crippen LogP contribution in [0.5, 0.6) is 5.75 Å². The van der Waals surface area contributed by atoms with Crippen molar-refractivity contribution in [1.82, 2.24) is 20.2 Å². The Labute approximate surface area is 194 Å². The van der Waals surface area contributed by atoms with Gasteiger partial charge in [-0.2, -0.15) is 0 Å². The number of pyridine rings is 2. The van der Waals surface area contributed by atoms with Crippen LogP contribution in [0.3, 0.4) is 0 Å². The molecule has 2 aliphatic heterocycles. The molecule has 168 valence electrons. The van der Waals surface area contributed by atoms with E-state index in [0.29, 0.717) is 0 Å². The number of nitrogens with one attached hydrogen (secondary N) is 2. The van der Waals surface area contributed by atoms with E-state index in [-0.39, 0.29) is 18.7 Å². The molecule has 3 aromatic rings. The van der Waals surface area contributed by atoms with Gasteiger partial charge in [-0.3, -0.25) is 20.5 Å². The number of aromatic nitrogens is 2. The summed E-state index contributed by atoms with van der Waals surface area (Å²) in [4.78, 5) is 13.3. The first kappa shape index (κ1) is 22.3. The molecule has 8 nitrogen and oxygen atoms in total. The number of nitrogens with zero attached hydrogens (tertiary/aromatic N) is 4. The van der Waals surface area contributed by atoms with E-state index >= 15 is 0 Å². The number of benzene rings is 1. The van der Waals surface area contributed by atoms with E-state index in [1.54, 1.807) is 19.5 Å². The third-order valence-corrected chi connectivity index (χ3v) is 5.83. The van der Waals surface area contributed by atoms with Crippen LogP contribution < -0.4 is 26.0 Å². The van der Waals surface area contributed by atoms with Gasteiger partial charge in [0.2, 0.25) is 0 Å². The molecule has 1 fully saturated rings. The van der Waals surface area contributed by atoms with Gasteiger partial charge in [-0.05, 0) is 41.5 Å². The van der Waals surface area contributed by atoms with Crippen molar-refractivity contribution in [3.63, 3.8) is 0 Å². The number of nitrogens with two attached hydrogens (primary N) is 1. The minimum absolute atomic E-state index is 0. The summed E-state index contributed by atoms with van der Waals surface area (Å²) in [5.41, 5.74) is 11.7. The van der Waals surface area contributed by atoms with E-state index in [4.69, 9.17) is 10.5 Å². The topological polar surface area (TPSA) is 91.6 Å². The Morgan fingerprint density at radius 2 is 1.97 bits per heavy atom. The Kier molecular flexibility index (Phi) is 6.76. The maximum atomic E-state index is 6.46. The number of piperazine rings is 1. The van der Waals surface area contributed by atoms with Crippen LogP contribution in [0.2, 0.25) is 0 Å². The summed E-state index contributed by atoms with van der Waals surface area (Å²) >= 11 is 0. The van der Waals surface area contributed by atoms with E-state index in [2.05, 4.69) is 55.8 Å². The predicted molar refractivity (Wildman–Crippen MR) is 130 cm³/mol. The van der Waals surface area contributed by atoms with Crippen molar-refractivity contribution in [3.05, 3.63) is 60.6 Å². The normalized spacial score (nSPS) is 17.9. The predicted octanol–water partition coefficient (Wildman–Crippen LogP) is 2.79. The summed E-state index contributed by atoms with van der Waals surface area (Å²) in [7, 11) is 1.66. The lowest BCUT2D eigenvalue weighted by Crippen LogP contribution is -2.43. The van der Waals surface area contributed by atoms with Crippen molar-refractivity contribution >= 4 is 29.6 Å². The van der Waals surface area contributed by atoms with Crippen LogP contribution >= 0.6 is 12.4 Å². The standard InChI is InChI=1S/C23H27N7O.ClH/c1-31-21-14-26-6-5-18(21)17-2-3-20-19(13-17)28-23(24)30(20)22-12-16(4-7-27-22)15-29-10-8-25-9-11-29;/h2-7,12-14,23,25,28H,8-11,15,24H2,1H3;1H. The minimum atomic E-state index is -0.383. The van der Waals surface area contributed by atoms with Gasteiger partial charge in [0.25, 0.3) is 0 Å². The minimum Gasteiger partial charge on any atom is -0.494 e. The average molecular weight is 454 g/mol. The third kappa shape index (κ3) is 4.35. The quantitative estimate of drug-likeness (QED) is 0.543. The molecule has 5 rings (SSSR count). The number of hydrogen-bond acceptors (Lipinski definition) is 8. The molecule has 9 heteroatoms. The highest BCUT2D eigenvalue weighted by Gasteiger charge is 2.29. The van der Waals surface area contributed by atoms with Crippen molar-refractivity contribution < 1.29 is 4.74 Å². The number of halogens is 1. The van der Waals surface area contributed by atoms with Crippen molar-refractivity contribution in [3.8, 4) is 16.9 Å². The zero-order valence-corrected chi connectivity index (χ0v) is 18.8. The fourth-order valence-corrected chi connectivity index (χ4v) is 4.27. The van der Waals surface area contributed by atoms with Gasteiger partial charge in [-0.25, -0.2) is 4.98 Å². The number of methoxy groups -OCH3 is 1. The summed E-state index contributed by atoms with van der Waals surface area (Å²) in [6.45, 7) is 5.12. The van der Waals surface area contributed by atoms with Crippen LogP contribution in [0.15, 0.2) is 55.0 Å². The van der Waals surface area contributed by atoms with Gasteiger partial charge in [-0.15, -0.1) is 12.4 Å². The van der Waals surface area contributed by atoms with E-state index < -0.39 is 0 Å². The van der Waals surface area contributed by atoms with E-state index in [1.807, 2.05) is 17.2 Å². The number of anilines is 3. The largest absolute Gasteiger partial charge is 0.494 e. The Bertz CT molecular complexity index is 1070. The SMILES string of the molecule is COc1cnccc1-c1ccc2c(c1)NC(N)N2c1cc(CN2CCNCC2)ccn1.Cl. The van der Waals surface area contributed by atoms with Gasteiger partial charge in [0.1, 0.15) is 11.6 Å². The highest BCUT2D eigenvalue weighted by atomic mass is 35.5. The molecule has 4 N–H and O–H groups in total. The second kappa shape index (κ2) is 9.70. The molecule has 0 aliphatic carbocycles. The van der Waals surface area contributed by atoms with Gasteiger partial charge in [-0.1, -0.05) is 6.07 Å². The Morgan fingerprint density at radius 3 is 2.78 bits per heavy atom. The Balaban J connectivity index is 0.00000245. The number of ether oxygens (including phenoxy) is 1. The van der Waals surface area contributed by atoms with Crippen LogP contribution in [-0.2, 0) is 6.54 Å². The van der Waals surface area contributed by atoms with Crippen LogP contribution in [-0.4, -0.2) is 54.4 Å². The van der Waals surface area contributed by atoms with Crippen LogP contribution in [0.1, 0.15) is 5.56 Å². The van der Waals surface area contributed by atoms with Crippen molar-refractivity contribution in [2.24, 2.45) is 5.73 Å². The van der Waals surface area contributed by atoms with Crippen LogP contribution in [0, 0.1) is 0 Å². The van der Waals surface area contributed by atoms with Crippen molar-refractivity contribution in [2.75, 3.05) is 43.5 Å². The molecule has 0 saturated carbocycles. The summed E-state index contributed by atoms with van der Waals surface area (Å²) in [6, 6.07) is 12.4. The van der Waals surface area contributed by atoms with Gasteiger partial charge in [0, 0.05) is 50.7 Å². The molecule has 2 aromatic heterocycles. The summed E-state index contributed by atoms with van der Waals surface area (Å²) in [6.07, 6.45) is 4.98. The molecule has 0 spiro atoms. The second-order valence-electron chi connectivity index (χ2n) is 7.82. The second-order valence-corrected chi connectivity index (χ2v) is 7.82. The number of fused-ring (bicyclic) bond motifs is 1. The lowest BCUT2D eigenvalue weighted by molar-refractivity contribution is 0.233. The highest BCUT2D eigenvalue weighted by molar-refractivity contribution is 5.86. The monoisotopic (exact) mass is 453 g/mol. The van der Waals surface area contributed by atoms with Gasteiger partial charge >= 0.3 is 0 Å². The zero-order valence-electron chi connectivity index (χ0n) is 18.0. The summed E-state index contributed by atoms with van der Waals surface area (Å²) in [5, 5.41) is 6.78. The van der Waals surface area contributed by atoms with Gasteiger partial charge < -0.3 is 15.4 Å². The third-order valence-electron chi connectivity index (χ3n) is 5.83. The maximum Gasteiger partial charge on any atom is 0.158 e. The molecule has 4 heterocycles. The molecule has 1 unspecified atom stereocenters. The van der Waals surface area contributed by atoms with Gasteiger partial charge in [0.15, 0.2) is 6.29 Å². The molecule has 1 saturated heterocycles. The molecular weight excluding hydrogens is 426 g/mol. The van der Waals surface area contributed by atoms with Crippen LogP contribution in [0.25, 0.3) is 11.1 Å². The lowest BCUT2D eigenvalue weighted by Gasteiger charge is -2.28. The molecule has 0 radical (unpaired) electrons. The fraction of sp³-hybridized carbons (Fsp3) is 0.304. The molecule has 0 bridgehead atoms. The number of hydrogen-bond donors (Lipinski definition) is 3. The summed E-state index contributed by atoms with van der Waals surface area (Å²) in [5.74, 6) is 1.59. The molecule has 1 atom stereocenters. The van der Waals surface area contributed by atoms with E-state index in [0.717, 1.165) is 66.8 Å². The smallest absolute Gasteiger partial charge is 0.158 e. The zero-order chi connectivity index (χ0) is 21.2. The van der Waals surface area contributed by atoms with Crippen LogP contribution in [0.4, 0.5) is 17.2 Å². The fourth-order valence-electron chi connectivity index (χ4n) is 4.27. The first-order valence-corrected chi connectivity index (χ1v) is 10.5. The number of rotatable bonds is 5. The molecule has 1 aromatic carbocycles. The van der Waals surface area contributed by atoms with Crippen molar-refractivity contribution in [1.29, 1.82) is 0 Å². The summed E-state index contributed by atoms with van der Waals surface area (Å²) < 4.78 is 5.47. The van der Waals surface area contributed by atoms with Crippen molar-refractivity contribution in [2.45, 2.75) is 12.8 Å².